The molecule has 0 radical (unpaired) electrons. The minimum absolute atomic E-state index is 0.444. The van der Waals surface area contributed by atoms with E-state index in [0.717, 1.165) is 6.42 Å². The molecule has 78 valence electrons. The molecule has 0 bridgehead atoms. The van der Waals surface area contributed by atoms with Crippen molar-refractivity contribution >= 4 is 0 Å². The van der Waals surface area contributed by atoms with Gasteiger partial charge in [0.1, 0.15) is 0 Å². The Kier molecular flexibility index (Phi) is 3.70. The molecule has 0 spiro atoms. The molecule has 1 nitrogen and oxygen atoms in total. The number of benzene rings is 1. The lowest BCUT2D eigenvalue weighted by Gasteiger charge is -2.17. The fourth-order valence-corrected chi connectivity index (χ4v) is 1.91. The molecule has 0 fully saturated rings. The van der Waals surface area contributed by atoms with Gasteiger partial charge in [-0.2, -0.15) is 0 Å². The Hall–Kier alpha value is -0.820. The second-order valence-corrected chi connectivity index (χ2v) is 3.93. The molecule has 14 heavy (non-hydrogen) atoms. The highest BCUT2D eigenvalue weighted by atomic mass is 14.9. The first-order valence-corrected chi connectivity index (χ1v) is 5.38. The van der Waals surface area contributed by atoms with Crippen LogP contribution < -0.4 is 5.32 Å². The first-order chi connectivity index (χ1) is 6.61. The summed E-state index contributed by atoms with van der Waals surface area (Å²) in [6.45, 7) is 8.86. The van der Waals surface area contributed by atoms with Crippen molar-refractivity contribution in [2.45, 2.75) is 40.2 Å². The lowest BCUT2D eigenvalue weighted by Crippen LogP contribution is -2.14. The molecule has 1 heteroatoms. The van der Waals surface area contributed by atoms with Gasteiger partial charge in [0, 0.05) is 6.04 Å². The van der Waals surface area contributed by atoms with Crippen LogP contribution in [0.3, 0.4) is 0 Å². The average molecular weight is 191 g/mol. The van der Waals surface area contributed by atoms with Gasteiger partial charge < -0.3 is 5.32 Å². The zero-order valence-electron chi connectivity index (χ0n) is 9.94. The normalized spacial score (nSPS) is 12.9. The quantitative estimate of drug-likeness (QED) is 0.774. The lowest BCUT2D eigenvalue weighted by molar-refractivity contribution is 0.647. The van der Waals surface area contributed by atoms with Gasteiger partial charge in [-0.3, -0.25) is 0 Å². The number of hydrogen-bond donors (Lipinski definition) is 1. The van der Waals surface area contributed by atoms with Crippen molar-refractivity contribution in [3.05, 3.63) is 34.4 Å². The van der Waals surface area contributed by atoms with Gasteiger partial charge in [0.2, 0.25) is 0 Å². The summed E-state index contributed by atoms with van der Waals surface area (Å²) < 4.78 is 0. The molecule has 1 atom stereocenters. The number of hydrogen-bond acceptors (Lipinski definition) is 1. The summed E-state index contributed by atoms with van der Waals surface area (Å²) in [6.07, 6.45) is 1.13. The zero-order chi connectivity index (χ0) is 10.7. The van der Waals surface area contributed by atoms with E-state index in [1.807, 2.05) is 7.05 Å². The smallest absolute Gasteiger partial charge is 0.0291 e. The van der Waals surface area contributed by atoms with Crippen LogP contribution in [-0.4, -0.2) is 7.05 Å². The Balaban J connectivity index is 3.17. The van der Waals surface area contributed by atoms with Crippen molar-refractivity contribution in [2.75, 3.05) is 7.05 Å². The van der Waals surface area contributed by atoms with Crippen LogP contribution in [0.25, 0.3) is 0 Å². The molecule has 0 aliphatic heterocycles. The van der Waals surface area contributed by atoms with Crippen molar-refractivity contribution in [3.8, 4) is 0 Å². The maximum atomic E-state index is 3.29. The van der Waals surface area contributed by atoms with Crippen molar-refractivity contribution in [3.63, 3.8) is 0 Å². The molecule has 1 N–H and O–H groups in total. The first kappa shape index (κ1) is 11.3. The van der Waals surface area contributed by atoms with Crippen LogP contribution in [0.15, 0.2) is 12.1 Å². The van der Waals surface area contributed by atoms with E-state index < -0.39 is 0 Å². The Labute approximate surface area is 87.5 Å². The molecule has 0 saturated carbocycles. The predicted octanol–water partition coefficient (Wildman–Crippen LogP) is 3.15. The summed E-state index contributed by atoms with van der Waals surface area (Å²) >= 11 is 0. The van der Waals surface area contributed by atoms with E-state index >= 15 is 0 Å². The van der Waals surface area contributed by atoms with Gasteiger partial charge in [-0.1, -0.05) is 19.1 Å². The molecule has 0 amide bonds. The Morgan fingerprint density at radius 1 is 1.21 bits per heavy atom. The van der Waals surface area contributed by atoms with Crippen molar-refractivity contribution in [1.29, 1.82) is 0 Å². The maximum Gasteiger partial charge on any atom is 0.0291 e. The van der Waals surface area contributed by atoms with Crippen molar-refractivity contribution < 1.29 is 0 Å². The molecule has 0 aliphatic rings. The summed E-state index contributed by atoms with van der Waals surface area (Å²) in [5, 5.41) is 3.29. The molecule has 1 aromatic carbocycles. The van der Waals surface area contributed by atoms with Crippen LogP contribution in [0.5, 0.6) is 0 Å². The molecular weight excluding hydrogens is 170 g/mol. The maximum absolute atomic E-state index is 3.29. The number of nitrogens with one attached hydrogen (secondary N) is 1. The molecule has 1 rings (SSSR count). The fraction of sp³-hybridized carbons (Fsp3) is 0.538. The molecule has 1 unspecified atom stereocenters. The summed E-state index contributed by atoms with van der Waals surface area (Å²) in [5.74, 6) is 0. The van der Waals surface area contributed by atoms with Gasteiger partial charge in [-0.15, -0.1) is 0 Å². The third-order valence-corrected chi connectivity index (χ3v) is 3.22. The van der Waals surface area contributed by atoms with Crippen LogP contribution in [-0.2, 0) is 6.42 Å². The SMILES string of the molecule is CCc1ccc(C(C)NC)c(C)c1C. The van der Waals surface area contributed by atoms with E-state index in [9.17, 15) is 0 Å². The average Bonchev–Trinajstić information content (AvgIpc) is 2.21. The standard InChI is InChI=1S/C13H21N/c1-6-12-7-8-13(11(4)14-5)10(3)9(12)2/h7-8,11,14H,6H2,1-5H3. The Bertz CT molecular complexity index is 315. The Morgan fingerprint density at radius 2 is 1.86 bits per heavy atom. The minimum Gasteiger partial charge on any atom is -0.313 e. The van der Waals surface area contributed by atoms with Crippen LogP contribution in [0, 0.1) is 13.8 Å². The number of aryl methyl sites for hydroxylation is 1. The van der Waals surface area contributed by atoms with E-state index in [-0.39, 0.29) is 0 Å². The largest absolute Gasteiger partial charge is 0.313 e. The third-order valence-electron chi connectivity index (χ3n) is 3.22. The van der Waals surface area contributed by atoms with Gasteiger partial charge in [0.25, 0.3) is 0 Å². The van der Waals surface area contributed by atoms with Crippen molar-refractivity contribution in [2.24, 2.45) is 0 Å². The monoisotopic (exact) mass is 191 g/mol. The van der Waals surface area contributed by atoms with E-state index in [2.05, 4.69) is 45.1 Å². The number of rotatable bonds is 3. The molecule has 0 aromatic heterocycles. The summed E-state index contributed by atoms with van der Waals surface area (Å²) in [4.78, 5) is 0. The molecule has 0 heterocycles. The predicted molar refractivity (Wildman–Crippen MR) is 62.8 cm³/mol. The van der Waals surface area contributed by atoms with Gasteiger partial charge in [0.05, 0.1) is 0 Å². The molecule has 1 aromatic rings. The topological polar surface area (TPSA) is 12.0 Å². The third kappa shape index (κ3) is 1.98. The zero-order valence-corrected chi connectivity index (χ0v) is 9.94. The molecule has 0 aliphatic carbocycles. The van der Waals surface area contributed by atoms with Gasteiger partial charge in [-0.25, -0.2) is 0 Å². The summed E-state index contributed by atoms with van der Waals surface area (Å²) in [6, 6.07) is 4.95. The molecule has 0 saturated heterocycles. The van der Waals surface area contributed by atoms with Gasteiger partial charge in [-0.05, 0) is 56.5 Å². The molecular formula is C13H21N. The highest BCUT2D eigenvalue weighted by Crippen LogP contribution is 2.23. The van der Waals surface area contributed by atoms with Crippen LogP contribution in [0.4, 0.5) is 0 Å². The van der Waals surface area contributed by atoms with E-state index in [4.69, 9.17) is 0 Å². The van der Waals surface area contributed by atoms with Gasteiger partial charge in [0.15, 0.2) is 0 Å². The highest BCUT2D eigenvalue weighted by Gasteiger charge is 2.09. The highest BCUT2D eigenvalue weighted by molar-refractivity contribution is 5.40. The fourth-order valence-electron chi connectivity index (χ4n) is 1.91. The lowest BCUT2D eigenvalue weighted by atomic mass is 9.93. The minimum atomic E-state index is 0.444. The van der Waals surface area contributed by atoms with Crippen molar-refractivity contribution in [1.82, 2.24) is 5.32 Å². The summed E-state index contributed by atoms with van der Waals surface area (Å²) in [7, 11) is 2.01. The van der Waals surface area contributed by atoms with Crippen LogP contribution >= 0.6 is 0 Å². The van der Waals surface area contributed by atoms with Crippen LogP contribution in [0.2, 0.25) is 0 Å². The van der Waals surface area contributed by atoms with Gasteiger partial charge >= 0.3 is 0 Å². The van der Waals surface area contributed by atoms with E-state index in [1.165, 1.54) is 22.3 Å². The second kappa shape index (κ2) is 4.61. The van der Waals surface area contributed by atoms with Crippen LogP contribution in [0.1, 0.15) is 42.1 Å². The van der Waals surface area contributed by atoms with E-state index in [0.29, 0.717) is 6.04 Å². The first-order valence-electron chi connectivity index (χ1n) is 5.38. The van der Waals surface area contributed by atoms with E-state index in [1.54, 1.807) is 0 Å². The Morgan fingerprint density at radius 3 is 2.36 bits per heavy atom. The second-order valence-electron chi connectivity index (χ2n) is 3.93. The summed E-state index contributed by atoms with van der Waals surface area (Å²) in [5.41, 5.74) is 5.77.